The van der Waals surface area contributed by atoms with Crippen LogP contribution < -0.4 is 0 Å². The number of hydrogen-bond acceptors (Lipinski definition) is 3. The molecule has 2 rings (SSSR count). The highest BCUT2D eigenvalue weighted by Gasteiger charge is 2.60. The molecule has 2 saturated heterocycles. The van der Waals surface area contributed by atoms with Crippen molar-refractivity contribution < 1.29 is 14.2 Å². The van der Waals surface area contributed by atoms with Crippen LogP contribution in [0.4, 0.5) is 0 Å². The van der Waals surface area contributed by atoms with E-state index in [4.69, 9.17) is 14.2 Å². The van der Waals surface area contributed by atoms with Crippen LogP contribution in [0.15, 0.2) is 0 Å². The van der Waals surface area contributed by atoms with Gasteiger partial charge in [0.2, 0.25) is 0 Å². The molecule has 2 aliphatic rings. The van der Waals surface area contributed by atoms with Gasteiger partial charge in [0.1, 0.15) is 6.10 Å². The third-order valence-electron chi connectivity index (χ3n) is 3.38. The first-order chi connectivity index (χ1) is 7.43. The van der Waals surface area contributed by atoms with Crippen LogP contribution in [0.25, 0.3) is 0 Å². The monoisotopic (exact) mass is 224 g/mol. The molecule has 3 heteroatoms. The van der Waals surface area contributed by atoms with Crippen molar-refractivity contribution in [3.63, 3.8) is 0 Å². The Morgan fingerprint density at radius 1 is 1.19 bits per heavy atom. The zero-order valence-electron chi connectivity index (χ0n) is 10.7. The van der Waals surface area contributed by atoms with Gasteiger partial charge in [-0.3, -0.25) is 0 Å². The van der Waals surface area contributed by atoms with E-state index in [1.807, 2.05) is 20.8 Å². The van der Waals surface area contributed by atoms with Gasteiger partial charge in [-0.1, -0.05) is 12.8 Å². The fraction of sp³-hybridized carbons (Fsp3) is 0.846. The summed E-state index contributed by atoms with van der Waals surface area (Å²) in [5.74, 6) is 5.68. The van der Waals surface area contributed by atoms with Crippen molar-refractivity contribution in [2.75, 3.05) is 0 Å². The van der Waals surface area contributed by atoms with Crippen molar-refractivity contribution >= 4 is 0 Å². The van der Waals surface area contributed by atoms with Gasteiger partial charge in [-0.15, -0.1) is 5.92 Å². The van der Waals surface area contributed by atoms with Crippen molar-refractivity contribution in [1.29, 1.82) is 0 Å². The molecule has 0 spiro atoms. The van der Waals surface area contributed by atoms with Gasteiger partial charge in [0.05, 0.1) is 11.5 Å². The minimum Gasteiger partial charge on any atom is -0.345 e. The minimum absolute atomic E-state index is 0.0834. The lowest BCUT2D eigenvalue weighted by molar-refractivity contribution is -0.213. The van der Waals surface area contributed by atoms with Crippen molar-refractivity contribution in [3.05, 3.63) is 0 Å². The third-order valence-corrected chi connectivity index (χ3v) is 3.38. The van der Waals surface area contributed by atoms with Crippen LogP contribution in [0.3, 0.4) is 0 Å². The molecule has 0 aromatic heterocycles. The molecule has 0 radical (unpaired) electrons. The zero-order chi connectivity index (χ0) is 12.0. The predicted octanol–water partition coefficient (Wildman–Crippen LogP) is 2.30. The first-order valence-electron chi connectivity index (χ1n) is 5.88. The number of fused-ring (bicyclic) bond motifs is 1. The Morgan fingerprint density at radius 3 is 2.44 bits per heavy atom. The fourth-order valence-corrected chi connectivity index (χ4v) is 2.66. The molecule has 0 aromatic rings. The molecule has 2 aliphatic heterocycles. The summed E-state index contributed by atoms with van der Waals surface area (Å²) in [7, 11) is 0. The van der Waals surface area contributed by atoms with E-state index in [0.717, 1.165) is 6.42 Å². The smallest absolute Gasteiger partial charge is 0.189 e. The Balaban J connectivity index is 2.29. The highest BCUT2D eigenvalue weighted by molar-refractivity contribution is 5.19. The average Bonchev–Trinajstić information content (AvgIpc) is 2.61. The average molecular weight is 224 g/mol. The first kappa shape index (κ1) is 11.9. The molecule has 0 bridgehead atoms. The maximum Gasteiger partial charge on any atom is 0.189 e. The minimum atomic E-state index is -0.565. The molecule has 0 N–H and O–H groups in total. The molecular weight excluding hydrogens is 204 g/mol. The molecule has 0 unspecified atom stereocenters. The Morgan fingerprint density at radius 2 is 1.88 bits per heavy atom. The zero-order valence-corrected chi connectivity index (χ0v) is 10.7. The second kappa shape index (κ2) is 3.73. The first-order valence-corrected chi connectivity index (χ1v) is 5.88. The van der Waals surface area contributed by atoms with E-state index < -0.39 is 5.79 Å². The summed E-state index contributed by atoms with van der Waals surface area (Å²) >= 11 is 0. The van der Waals surface area contributed by atoms with E-state index in [1.54, 1.807) is 0 Å². The van der Waals surface area contributed by atoms with Crippen LogP contribution in [0.2, 0.25) is 0 Å². The van der Waals surface area contributed by atoms with E-state index in [2.05, 4.69) is 25.7 Å². The van der Waals surface area contributed by atoms with Gasteiger partial charge in [0.25, 0.3) is 0 Å². The van der Waals surface area contributed by atoms with Gasteiger partial charge in [0, 0.05) is 0 Å². The van der Waals surface area contributed by atoms with E-state index in [1.165, 1.54) is 0 Å². The maximum atomic E-state index is 5.92. The summed E-state index contributed by atoms with van der Waals surface area (Å²) in [5.41, 5.74) is -0.262. The summed E-state index contributed by atoms with van der Waals surface area (Å²) in [6, 6.07) is 0. The molecule has 2 heterocycles. The van der Waals surface area contributed by atoms with Crippen LogP contribution in [0, 0.1) is 17.3 Å². The van der Waals surface area contributed by atoms with E-state index in [0.29, 0.717) is 0 Å². The largest absolute Gasteiger partial charge is 0.345 e. The van der Waals surface area contributed by atoms with E-state index >= 15 is 0 Å². The molecule has 16 heavy (non-hydrogen) atoms. The standard InChI is InChI=1S/C13H20O3/c1-6-8-13(5)9(7-2)14-11-10(13)15-12(3,4)16-11/h9-11H,7H2,1-5H3/t9-,10+,11-,13+/m1/s1. The molecular formula is C13H20O3. The predicted molar refractivity (Wildman–Crippen MR) is 60.5 cm³/mol. The van der Waals surface area contributed by atoms with Gasteiger partial charge < -0.3 is 14.2 Å². The van der Waals surface area contributed by atoms with E-state index in [-0.39, 0.29) is 23.9 Å². The molecule has 2 fully saturated rings. The van der Waals surface area contributed by atoms with Gasteiger partial charge in [-0.25, -0.2) is 0 Å². The highest BCUT2D eigenvalue weighted by atomic mass is 16.8. The quantitative estimate of drug-likeness (QED) is 0.640. The SMILES string of the molecule is CC#C[C@@]1(C)[C@@H](CC)O[C@@H]2OC(C)(C)O[C@@H]21. The highest BCUT2D eigenvalue weighted by Crippen LogP contribution is 2.48. The summed E-state index contributed by atoms with van der Waals surface area (Å²) < 4.78 is 17.5. The van der Waals surface area contributed by atoms with Crippen LogP contribution in [0.1, 0.15) is 41.0 Å². The van der Waals surface area contributed by atoms with Gasteiger partial charge >= 0.3 is 0 Å². The van der Waals surface area contributed by atoms with Gasteiger partial charge in [-0.05, 0) is 34.1 Å². The fourth-order valence-electron chi connectivity index (χ4n) is 2.66. The molecule has 0 amide bonds. The van der Waals surface area contributed by atoms with Crippen molar-refractivity contribution in [1.82, 2.24) is 0 Å². The van der Waals surface area contributed by atoms with Crippen molar-refractivity contribution in [2.24, 2.45) is 5.41 Å². The lowest BCUT2D eigenvalue weighted by Gasteiger charge is -2.30. The van der Waals surface area contributed by atoms with E-state index in [9.17, 15) is 0 Å². The van der Waals surface area contributed by atoms with Crippen molar-refractivity contribution in [3.8, 4) is 11.8 Å². The summed E-state index contributed by atoms with van der Waals surface area (Å²) in [6.07, 6.45) is 0.655. The summed E-state index contributed by atoms with van der Waals surface area (Å²) in [4.78, 5) is 0. The van der Waals surface area contributed by atoms with Crippen molar-refractivity contribution in [2.45, 2.75) is 65.3 Å². The lowest BCUT2D eigenvalue weighted by Crippen LogP contribution is -2.38. The topological polar surface area (TPSA) is 27.7 Å². The van der Waals surface area contributed by atoms with Gasteiger partial charge in [-0.2, -0.15) is 0 Å². The third kappa shape index (κ3) is 1.66. The molecule has 3 nitrogen and oxygen atoms in total. The molecule has 0 saturated carbocycles. The molecule has 4 atom stereocenters. The second-order valence-corrected chi connectivity index (χ2v) is 5.12. The summed E-state index contributed by atoms with van der Waals surface area (Å²) in [5, 5.41) is 0. The molecule has 0 aliphatic carbocycles. The lowest BCUT2D eigenvalue weighted by atomic mass is 9.80. The second-order valence-electron chi connectivity index (χ2n) is 5.12. The Hall–Kier alpha value is -0.560. The number of ether oxygens (including phenoxy) is 3. The Labute approximate surface area is 97.4 Å². The summed E-state index contributed by atoms with van der Waals surface area (Å²) in [6.45, 7) is 9.89. The number of hydrogen-bond donors (Lipinski definition) is 0. The molecule has 0 aromatic carbocycles. The Bertz CT molecular complexity index is 339. The molecule has 90 valence electrons. The van der Waals surface area contributed by atoms with Crippen LogP contribution >= 0.6 is 0 Å². The van der Waals surface area contributed by atoms with Gasteiger partial charge in [0.15, 0.2) is 12.1 Å². The van der Waals surface area contributed by atoms with Crippen LogP contribution in [-0.4, -0.2) is 24.3 Å². The Kier molecular flexibility index (Phi) is 2.78. The van der Waals surface area contributed by atoms with Crippen LogP contribution in [0.5, 0.6) is 0 Å². The number of rotatable bonds is 1. The maximum absolute atomic E-state index is 5.92. The normalized spacial score (nSPS) is 44.9. The van der Waals surface area contributed by atoms with Crippen LogP contribution in [-0.2, 0) is 14.2 Å².